The first-order chi connectivity index (χ1) is 12.1. The molecular weight excluding hydrogens is 316 g/mol. The number of fused-ring (bicyclic) bond motifs is 2. The van der Waals surface area contributed by atoms with Crippen LogP contribution in [0.4, 0.5) is 4.79 Å². The van der Waals surface area contributed by atoms with Crippen LogP contribution in [-0.4, -0.2) is 59.4 Å². The fourth-order valence-corrected chi connectivity index (χ4v) is 5.13. The summed E-state index contributed by atoms with van der Waals surface area (Å²) in [6, 6.07) is 6.81. The second kappa shape index (κ2) is 5.33. The molecule has 3 aliphatic rings. The van der Waals surface area contributed by atoms with E-state index in [1.807, 2.05) is 0 Å². The van der Waals surface area contributed by atoms with E-state index in [9.17, 15) is 9.59 Å². The molecule has 0 saturated carbocycles. The smallest absolute Gasteiger partial charge is 0.324 e. The number of carbonyl (C=O) groups excluding carboxylic acids is 2. The number of H-pyrrole nitrogens is 1. The summed E-state index contributed by atoms with van der Waals surface area (Å²) >= 11 is 0. The molecule has 1 aliphatic carbocycles. The van der Waals surface area contributed by atoms with Gasteiger partial charge < -0.3 is 14.8 Å². The van der Waals surface area contributed by atoms with Gasteiger partial charge in [0, 0.05) is 42.1 Å². The highest BCUT2D eigenvalue weighted by Crippen LogP contribution is 2.44. The quantitative estimate of drug-likeness (QED) is 0.819. The van der Waals surface area contributed by atoms with Crippen LogP contribution in [0.2, 0.25) is 0 Å². The van der Waals surface area contributed by atoms with Crippen molar-refractivity contribution in [2.24, 2.45) is 5.92 Å². The summed E-state index contributed by atoms with van der Waals surface area (Å²) in [4.78, 5) is 30.8. The molecular formula is C19H22N4O2. The van der Waals surface area contributed by atoms with E-state index in [2.05, 4.69) is 46.6 Å². The number of imide groups is 1. The van der Waals surface area contributed by atoms with Crippen molar-refractivity contribution in [3.05, 3.63) is 35.5 Å². The van der Waals surface area contributed by atoms with Crippen LogP contribution in [0, 0.1) is 5.92 Å². The second-order valence-electron chi connectivity index (χ2n) is 7.74. The maximum atomic E-state index is 11.9. The number of aromatic amines is 1. The van der Waals surface area contributed by atoms with Crippen LogP contribution in [-0.2, 0) is 11.2 Å². The number of likely N-dealkylation sites (N-methyl/N-ethyl adjacent to an activating group) is 1. The lowest BCUT2D eigenvalue weighted by Crippen LogP contribution is -2.50. The molecule has 5 rings (SSSR count). The summed E-state index contributed by atoms with van der Waals surface area (Å²) in [6.45, 7) is 1.82. The Bertz CT molecular complexity index is 873. The zero-order chi connectivity index (χ0) is 17.1. The van der Waals surface area contributed by atoms with E-state index in [4.69, 9.17) is 0 Å². The van der Waals surface area contributed by atoms with E-state index in [1.54, 1.807) is 4.90 Å². The van der Waals surface area contributed by atoms with E-state index in [-0.39, 0.29) is 18.5 Å². The van der Waals surface area contributed by atoms with Crippen LogP contribution in [0.3, 0.4) is 0 Å². The zero-order valence-corrected chi connectivity index (χ0v) is 14.3. The van der Waals surface area contributed by atoms with Crippen molar-refractivity contribution < 1.29 is 9.59 Å². The largest absolute Gasteiger partial charge is 0.361 e. The molecule has 0 spiro atoms. The molecule has 0 unspecified atom stereocenters. The highest BCUT2D eigenvalue weighted by Gasteiger charge is 2.40. The molecule has 3 atom stereocenters. The fraction of sp³-hybridized carbons (Fsp3) is 0.474. The first-order valence-corrected chi connectivity index (χ1v) is 8.98. The van der Waals surface area contributed by atoms with Gasteiger partial charge in [0.15, 0.2) is 0 Å². The van der Waals surface area contributed by atoms with Gasteiger partial charge in [-0.3, -0.25) is 10.1 Å². The van der Waals surface area contributed by atoms with Crippen molar-refractivity contribution in [1.29, 1.82) is 0 Å². The third-order valence-corrected chi connectivity index (χ3v) is 6.16. The fourth-order valence-electron chi connectivity index (χ4n) is 5.13. The molecule has 2 N–H and O–H groups in total. The van der Waals surface area contributed by atoms with E-state index in [0.29, 0.717) is 24.4 Å². The van der Waals surface area contributed by atoms with Crippen molar-refractivity contribution in [2.45, 2.75) is 24.8 Å². The third kappa shape index (κ3) is 2.28. The van der Waals surface area contributed by atoms with Crippen LogP contribution < -0.4 is 5.32 Å². The molecule has 2 saturated heterocycles. The minimum Gasteiger partial charge on any atom is -0.361 e. The highest BCUT2D eigenvalue weighted by molar-refractivity contribution is 6.01. The van der Waals surface area contributed by atoms with Crippen molar-refractivity contribution in [1.82, 2.24) is 20.1 Å². The van der Waals surface area contributed by atoms with Gasteiger partial charge in [-0.15, -0.1) is 0 Å². The summed E-state index contributed by atoms with van der Waals surface area (Å²) < 4.78 is 0. The van der Waals surface area contributed by atoms with E-state index < -0.39 is 0 Å². The van der Waals surface area contributed by atoms with Gasteiger partial charge in [-0.1, -0.05) is 12.1 Å². The summed E-state index contributed by atoms with van der Waals surface area (Å²) in [5, 5.41) is 3.78. The zero-order valence-electron chi connectivity index (χ0n) is 14.3. The number of carbonyl (C=O) groups is 2. The number of hydrogen-bond acceptors (Lipinski definition) is 3. The van der Waals surface area contributed by atoms with Gasteiger partial charge in [-0.25, -0.2) is 4.79 Å². The number of aromatic nitrogens is 1. The van der Waals surface area contributed by atoms with Crippen LogP contribution in [0.5, 0.6) is 0 Å². The lowest BCUT2D eigenvalue weighted by Gasteiger charge is -2.46. The number of rotatable bonds is 2. The van der Waals surface area contributed by atoms with Crippen LogP contribution in [0.1, 0.15) is 23.5 Å². The second-order valence-corrected chi connectivity index (χ2v) is 7.74. The Hall–Kier alpha value is -2.34. The van der Waals surface area contributed by atoms with Crippen molar-refractivity contribution in [3.8, 4) is 0 Å². The Labute approximate surface area is 146 Å². The molecule has 6 heteroatoms. The van der Waals surface area contributed by atoms with E-state index >= 15 is 0 Å². The lowest BCUT2D eigenvalue weighted by atomic mass is 9.72. The Kier molecular flexibility index (Phi) is 3.19. The van der Waals surface area contributed by atoms with Crippen molar-refractivity contribution >= 4 is 22.8 Å². The molecule has 3 heterocycles. The molecule has 2 fully saturated rings. The maximum Gasteiger partial charge on any atom is 0.324 e. The molecule has 1 aromatic heterocycles. The molecule has 25 heavy (non-hydrogen) atoms. The minimum atomic E-state index is -0.242. The average molecular weight is 338 g/mol. The van der Waals surface area contributed by atoms with Gasteiger partial charge in [-0.05, 0) is 43.0 Å². The van der Waals surface area contributed by atoms with Crippen LogP contribution in [0.25, 0.3) is 10.9 Å². The Balaban J connectivity index is 1.44. The summed E-state index contributed by atoms with van der Waals surface area (Å²) in [5.74, 6) is 0.683. The SMILES string of the molecule is CN1C[C@H](CN2CC(=O)NC2=O)C[C@@H]2c3cccc4[nH]cc(c34)C[C@H]21. The number of benzene rings is 1. The summed E-state index contributed by atoms with van der Waals surface area (Å²) in [6.07, 6.45) is 4.30. The van der Waals surface area contributed by atoms with Gasteiger partial charge in [-0.2, -0.15) is 0 Å². The molecule has 2 aliphatic heterocycles. The van der Waals surface area contributed by atoms with Gasteiger partial charge >= 0.3 is 6.03 Å². The minimum absolute atomic E-state index is 0.188. The maximum absolute atomic E-state index is 11.9. The number of nitrogens with zero attached hydrogens (tertiary/aromatic N) is 2. The van der Waals surface area contributed by atoms with E-state index in [0.717, 1.165) is 19.4 Å². The number of likely N-dealkylation sites (tertiary alicyclic amines) is 1. The molecule has 6 nitrogen and oxygen atoms in total. The average Bonchev–Trinajstić information content (AvgIpc) is 3.13. The van der Waals surface area contributed by atoms with Gasteiger partial charge in [0.25, 0.3) is 0 Å². The monoisotopic (exact) mass is 338 g/mol. The standard InChI is InChI=1S/C19H22N4O2/c1-22-8-11(9-23-10-17(24)21-19(23)25)5-14-13-3-2-4-15-18(13)12(7-20-15)6-16(14)22/h2-4,7,11,14,16,20H,5-6,8-10H2,1H3,(H,21,24,25)/t11-,14-,16-/m1/s1. The van der Waals surface area contributed by atoms with Gasteiger partial charge in [0.05, 0.1) is 0 Å². The number of piperidine rings is 1. The lowest BCUT2D eigenvalue weighted by molar-refractivity contribution is -0.118. The first-order valence-electron chi connectivity index (χ1n) is 8.98. The van der Waals surface area contributed by atoms with Crippen LogP contribution >= 0.6 is 0 Å². The molecule has 3 amide bonds. The Morgan fingerprint density at radius 3 is 2.96 bits per heavy atom. The topological polar surface area (TPSA) is 68.4 Å². The summed E-state index contributed by atoms with van der Waals surface area (Å²) in [7, 11) is 2.19. The predicted molar refractivity (Wildman–Crippen MR) is 94.4 cm³/mol. The Morgan fingerprint density at radius 1 is 1.28 bits per heavy atom. The van der Waals surface area contributed by atoms with Crippen LogP contribution in [0.15, 0.2) is 24.4 Å². The molecule has 2 aromatic rings. The molecule has 0 radical (unpaired) electrons. The molecule has 130 valence electrons. The number of hydrogen-bond donors (Lipinski definition) is 2. The van der Waals surface area contributed by atoms with Crippen molar-refractivity contribution in [3.63, 3.8) is 0 Å². The molecule has 1 aromatic carbocycles. The molecule has 0 bridgehead atoms. The number of urea groups is 1. The highest BCUT2D eigenvalue weighted by atomic mass is 16.2. The predicted octanol–water partition coefficient (Wildman–Crippen LogP) is 1.68. The Morgan fingerprint density at radius 2 is 2.16 bits per heavy atom. The van der Waals surface area contributed by atoms with Crippen molar-refractivity contribution in [2.75, 3.05) is 26.7 Å². The first kappa shape index (κ1) is 15.0. The summed E-state index contributed by atoms with van der Waals surface area (Å²) in [5.41, 5.74) is 4.07. The normalized spacial score (nSPS) is 29.2. The number of nitrogens with one attached hydrogen (secondary N) is 2. The van der Waals surface area contributed by atoms with Gasteiger partial charge in [0.1, 0.15) is 6.54 Å². The number of amides is 3. The van der Waals surface area contributed by atoms with E-state index in [1.165, 1.54) is 22.0 Å². The third-order valence-electron chi connectivity index (χ3n) is 6.16. The van der Waals surface area contributed by atoms with Gasteiger partial charge in [0.2, 0.25) is 5.91 Å².